The SMILES string of the molecule is CN(Cc1csc(NC(=O)NCc2cccc(F)c2)n1)c1ccccn1. The summed E-state index contributed by atoms with van der Waals surface area (Å²) in [6, 6.07) is 11.4. The number of thiazole rings is 1. The molecule has 0 unspecified atom stereocenters. The van der Waals surface area contributed by atoms with Gasteiger partial charge in [-0.05, 0) is 29.8 Å². The molecule has 1 aromatic carbocycles. The molecule has 0 spiro atoms. The topological polar surface area (TPSA) is 70.2 Å². The average Bonchev–Trinajstić information content (AvgIpc) is 3.07. The standard InChI is InChI=1S/C18H18FN5OS/c1-24(16-7-2-3-8-20-16)11-15-12-26-18(22-15)23-17(25)21-10-13-5-4-6-14(19)9-13/h2-9,12H,10-11H2,1H3,(H2,21,22,23,25). The highest BCUT2D eigenvalue weighted by Crippen LogP contribution is 2.18. The van der Waals surface area contributed by atoms with E-state index in [1.165, 1.54) is 23.5 Å². The van der Waals surface area contributed by atoms with Crippen molar-refractivity contribution in [1.29, 1.82) is 0 Å². The fourth-order valence-corrected chi connectivity index (χ4v) is 3.01. The Kier molecular flexibility index (Phi) is 5.75. The van der Waals surface area contributed by atoms with Crippen molar-refractivity contribution in [2.45, 2.75) is 13.1 Å². The quantitative estimate of drug-likeness (QED) is 0.694. The lowest BCUT2D eigenvalue weighted by molar-refractivity contribution is 0.251. The van der Waals surface area contributed by atoms with Crippen molar-refractivity contribution in [3.63, 3.8) is 0 Å². The molecule has 0 bridgehead atoms. The van der Waals surface area contributed by atoms with Crippen LogP contribution >= 0.6 is 11.3 Å². The number of hydrogen-bond acceptors (Lipinski definition) is 5. The van der Waals surface area contributed by atoms with Crippen LogP contribution in [-0.2, 0) is 13.1 Å². The van der Waals surface area contributed by atoms with Gasteiger partial charge < -0.3 is 10.2 Å². The van der Waals surface area contributed by atoms with Gasteiger partial charge in [-0.3, -0.25) is 5.32 Å². The Morgan fingerprint density at radius 3 is 2.92 bits per heavy atom. The number of benzene rings is 1. The van der Waals surface area contributed by atoms with Crippen LogP contribution in [0, 0.1) is 5.82 Å². The summed E-state index contributed by atoms with van der Waals surface area (Å²) < 4.78 is 13.1. The van der Waals surface area contributed by atoms with Crippen molar-refractivity contribution in [1.82, 2.24) is 15.3 Å². The van der Waals surface area contributed by atoms with Crippen LogP contribution in [-0.4, -0.2) is 23.0 Å². The molecule has 8 heteroatoms. The van der Waals surface area contributed by atoms with Crippen LogP contribution in [0.2, 0.25) is 0 Å². The number of carbonyl (C=O) groups excluding carboxylic acids is 1. The molecule has 0 saturated carbocycles. The summed E-state index contributed by atoms with van der Waals surface area (Å²) in [5, 5.41) is 7.77. The molecule has 6 nitrogen and oxygen atoms in total. The van der Waals surface area contributed by atoms with Crippen LogP contribution < -0.4 is 15.5 Å². The lowest BCUT2D eigenvalue weighted by Gasteiger charge is -2.16. The van der Waals surface area contributed by atoms with E-state index in [9.17, 15) is 9.18 Å². The van der Waals surface area contributed by atoms with Crippen molar-refractivity contribution in [3.05, 3.63) is 71.1 Å². The van der Waals surface area contributed by atoms with E-state index in [-0.39, 0.29) is 18.4 Å². The fraction of sp³-hybridized carbons (Fsp3) is 0.167. The van der Waals surface area contributed by atoms with E-state index in [1.807, 2.05) is 35.5 Å². The molecule has 2 heterocycles. The summed E-state index contributed by atoms with van der Waals surface area (Å²) in [5.74, 6) is 0.522. The zero-order valence-electron chi connectivity index (χ0n) is 14.1. The Bertz CT molecular complexity index is 871. The average molecular weight is 371 g/mol. The summed E-state index contributed by atoms with van der Waals surface area (Å²) in [5.41, 5.74) is 1.53. The predicted molar refractivity (Wildman–Crippen MR) is 101 cm³/mol. The third-order valence-electron chi connectivity index (χ3n) is 3.55. The molecule has 0 aliphatic heterocycles. The first-order chi connectivity index (χ1) is 12.6. The van der Waals surface area contributed by atoms with Crippen LogP contribution in [0.1, 0.15) is 11.3 Å². The van der Waals surface area contributed by atoms with Gasteiger partial charge in [-0.2, -0.15) is 0 Å². The lowest BCUT2D eigenvalue weighted by Crippen LogP contribution is -2.28. The van der Waals surface area contributed by atoms with Crippen LogP contribution in [0.25, 0.3) is 0 Å². The van der Waals surface area contributed by atoms with Gasteiger partial charge >= 0.3 is 6.03 Å². The molecule has 134 valence electrons. The van der Waals surface area contributed by atoms with E-state index in [0.29, 0.717) is 17.2 Å². The number of nitrogens with one attached hydrogen (secondary N) is 2. The molecular weight excluding hydrogens is 353 g/mol. The second-order valence-corrected chi connectivity index (χ2v) is 6.48. The maximum Gasteiger partial charge on any atom is 0.321 e. The maximum atomic E-state index is 13.1. The molecule has 2 aromatic heterocycles. The van der Waals surface area contributed by atoms with Gasteiger partial charge in [0.2, 0.25) is 0 Å². The van der Waals surface area contributed by atoms with E-state index in [0.717, 1.165) is 11.5 Å². The summed E-state index contributed by atoms with van der Waals surface area (Å²) >= 11 is 1.35. The molecule has 0 atom stereocenters. The van der Waals surface area contributed by atoms with Gasteiger partial charge in [0.15, 0.2) is 5.13 Å². The number of anilines is 2. The normalized spacial score (nSPS) is 10.4. The van der Waals surface area contributed by atoms with E-state index in [1.54, 1.807) is 18.3 Å². The van der Waals surface area contributed by atoms with Gasteiger partial charge in [-0.15, -0.1) is 11.3 Å². The molecule has 0 saturated heterocycles. The van der Waals surface area contributed by atoms with Crippen LogP contribution in [0.4, 0.5) is 20.1 Å². The first-order valence-electron chi connectivity index (χ1n) is 7.96. The van der Waals surface area contributed by atoms with Crippen molar-refractivity contribution in [2.75, 3.05) is 17.3 Å². The highest BCUT2D eigenvalue weighted by molar-refractivity contribution is 7.13. The highest BCUT2D eigenvalue weighted by atomic mass is 32.1. The number of amides is 2. The molecule has 2 amide bonds. The number of aromatic nitrogens is 2. The smallest absolute Gasteiger partial charge is 0.321 e. The minimum atomic E-state index is -0.381. The first-order valence-corrected chi connectivity index (χ1v) is 8.84. The highest BCUT2D eigenvalue weighted by Gasteiger charge is 2.09. The Balaban J connectivity index is 1.50. The van der Waals surface area contributed by atoms with Crippen molar-refractivity contribution in [3.8, 4) is 0 Å². The number of carbonyl (C=O) groups is 1. The van der Waals surface area contributed by atoms with Gasteiger partial charge in [0, 0.05) is 25.2 Å². The van der Waals surface area contributed by atoms with Gasteiger partial charge in [0.05, 0.1) is 12.2 Å². The van der Waals surface area contributed by atoms with E-state index in [2.05, 4.69) is 20.6 Å². The molecule has 3 aromatic rings. The van der Waals surface area contributed by atoms with Gasteiger partial charge in [-0.1, -0.05) is 18.2 Å². The van der Waals surface area contributed by atoms with Crippen molar-refractivity contribution in [2.24, 2.45) is 0 Å². The summed E-state index contributed by atoms with van der Waals surface area (Å²) in [7, 11) is 1.93. The monoisotopic (exact) mass is 371 g/mol. The van der Waals surface area contributed by atoms with Crippen LogP contribution in [0.15, 0.2) is 54.0 Å². The Labute approximate surface area is 154 Å². The third-order valence-corrected chi connectivity index (χ3v) is 4.36. The summed E-state index contributed by atoms with van der Waals surface area (Å²) in [4.78, 5) is 22.6. The van der Waals surface area contributed by atoms with Gasteiger partial charge in [-0.25, -0.2) is 19.2 Å². The van der Waals surface area contributed by atoms with Gasteiger partial charge in [0.1, 0.15) is 11.6 Å². The van der Waals surface area contributed by atoms with Crippen LogP contribution in [0.5, 0.6) is 0 Å². The molecule has 0 fully saturated rings. The number of hydrogen-bond donors (Lipinski definition) is 2. The van der Waals surface area contributed by atoms with E-state index in [4.69, 9.17) is 0 Å². The second kappa shape index (κ2) is 8.39. The lowest BCUT2D eigenvalue weighted by atomic mass is 10.2. The fourth-order valence-electron chi connectivity index (χ4n) is 2.31. The number of rotatable bonds is 6. The maximum absolute atomic E-state index is 13.1. The molecule has 0 radical (unpaired) electrons. The zero-order chi connectivity index (χ0) is 18.4. The van der Waals surface area contributed by atoms with Crippen LogP contribution in [0.3, 0.4) is 0 Å². The zero-order valence-corrected chi connectivity index (χ0v) is 15.0. The number of halogens is 1. The second-order valence-electron chi connectivity index (χ2n) is 5.63. The number of pyridine rings is 1. The largest absolute Gasteiger partial charge is 0.354 e. The molecule has 2 N–H and O–H groups in total. The molecule has 0 aliphatic carbocycles. The Morgan fingerprint density at radius 1 is 1.27 bits per heavy atom. The Hall–Kier alpha value is -3.00. The third kappa shape index (κ3) is 5.00. The van der Waals surface area contributed by atoms with E-state index >= 15 is 0 Å². The van der Waals surface area contributed by atoms with Gasteiger partial charge in [0.25, 0.3) is 0 Å². The molecular formula is C18H18FN5OS. The summed E-state index contributed by atoms with van der Waals surface area (Å²) in [6.07, 6.45) is 1.74. The minimum Gasteiger partial charge on any atom is -0.354 e. The number of urea groups is 1. The van der Waals surface area contributed by atoms with Crippen molar-refractivity contribution >= 4 is 28.3 Å². The Morgan fingerprint density at radius 2 is 2.15 bits per heavy atom. The molecule has 26 heavy (non-hydrogen) atoms. The minimum absolute atomic E-state index is 0.240. The number of nitrogens with zero attached hydrogens (tertiary/aromatic N) is 3. The summed E-state index contributed by atoms with van der Waals surface area (Å²) in [6.45, 7) is 0.824. The van der Waals surface area contributed by atoms with Crippen molar-refractivity contribution < 1.29 is 9.18 Å². The molecule has 3 rings (SSSR count). The predicted octanol–water partition coefficient (Wildman–Crippen LogP) is 3.64. The van der Waals surface area contributed by atoms with E-state index < -0.39 is 0 Å². The first kappa shape index (κ1) is 17.8. The molecule has 0 aliphatic rings.